The van der Waals surface area contributed by atoms with E-state index in [0.717, 1.165) is 32.2 Å². The van der Waals surface area contributed by atoms with Crippen LogP contribution in [0.5, 0.6) is 0 Å². The van der Waals surface area contributed by atoms with E-state index in [9.17, 15) is 0 Å². The van der Waals surface area contributed by atoms with Crippen molar-refractivity contribution in [2.45, 2.75) is 31.3 Å². The van der Waals surface area contributed by atoms with Gasteiger partial charge < -0.3 is 10.2 Å². The topological polar surface area (TPSA) is 31.4 Å². The van der Waals surface area contributed by atoms with E-state index in [-0.39, 0.29) is 0 Å². The predicted molar refractivity (Wildman–Crippen MR) is 74.4 cm³/mol. The number of hydrogen-bond donors (Lipinski definition) is 1. The van der Waals surface area contributed by atoms with Gasteiger partial charge in [0.2, 0.25) is 0 Å². The van der Waals surface area contributed by atoms with Crippen molar-refractivity contribution in [2.75, 3.05) is 38.1 Å². The number of aromatic nitrogens is 1. The Kier molecular flexibility index (Phi) is 2.60. The summed E-state index contributed by atoms with van der Waals surface area (Å²) in [4.78, 5) is 11.5. The molecule has 1 N–H and O–H groups in total. The number of hydrogen-bond acceptors (Lipinski definition) is 5. The molecular formula is C13H20N4S. The largest absolute Gasteiger partial charge is 0.346 e. The average Bonchev–Trinajstić information content (AvgIpc) is 2.93. The van der Waals surface area contributed by atoms with Crippen molar-refractivity contribution in [3.63, 3.8) is 0 Å². The average molecular weight is 264 g/mol. The summed E-state index contributed by atoms with van der Waals surface area (Å²) in [5.41, 5.74) is 1.40. The number of nitrogens with zero attached hydrogens (tertiary/aromatic N) is 3. The van der Waals surface area contributed by atoms with Gasteiger partial charge in [-0.2, -0.15) is 0 Å². The molecule has 0 aromatic carbocycles. The Morgan fingerprint density at radius 2 is 2.11 bits per heavy atom. The fourth-order valence-electron chi connectivity index (χ4n) is 3.55. The molecule has 98 valence electrons. The Balaban J connectivity index is 1.65. The lowest BCUT2D eigenvalue weighted by Crippen LogP contribution is -2.43. The van der Waals surface area contributed by atoms with Crippen LogP contribution < -0.4 is 10.2 Å². The van der Waals surface area contributed by atoms with E-state index in [1.54, 1.807) is 4.88 Å². The summed E-state index contributed by atoms with van der Waals surface area (Å²) in [7, 11) is 2.29. The minimum Gasteiger partial charge on any atom is -0.346 e. The summed E-state index contributed by atoms with van der Waals surface area (Å²) in [6, 6.07) is 1.41. The highest BCUT2D eigenvalue weighted by atomic mass is 32.1. The Labute approximate surface area is 112 Å². The van der Waals surface area contributed by atoms with Crippen molar-refractivity contribution < 1.29 is 0 Å². The van der Waals surface area contributed by atoms with E-state index >= 15 is 0 Å². The third kappa shape index (κ3) is 1.61. The molecule has 0 amide bonds. The minimum absolute atomic E-state index is 0.660. The van der Waals surface area contributed by atoms with Gasteiger partial charge in [0, 0.05) is 49.6 Å². The first kappa shape index (κ1) is 11.2. The third-order valence-electron chi connectivity index (χ3n) is 4.68. The molecular weight excluding hydrogens is 244 g/mol. The molecule has 4 nitrogen and oxygen atoms in total. The van der Waals surface area contributed by atoms with Crippen LogP contribution in [0.4, 0.5) is 5.13 Å². The van der Waals surface area contributed by atoms with Gasteiger partial charge in [-0.15, -0.1) is 0 Å². The monoisotopic (exact) mass is 264 g/mol. The zero-order valence-electron chi connectivity index (χ0n) is 10.9. The van der Waals surface area contributed by atoms with Gasteiger partial charge in [0.15, 0.2) is 5.13 Å². The van der Waals surface area contributed by atoms with Crippen molar-refractivity contribution in [3.05, 3.63) is 10.6 Å². The number of fused-ring (bicyclic) bond motifs is 4. The molecule has 3 aliphatic heterocycles. The van der Waals surface area contributed by atoms with Gasteiger partial charge in [0.05, 0.1) is 5.69 Å². The second-order valence-electron chi connectivity index (χ2n) is 5.66. The zero-order chi connectivity index (χ0) is 12.1. The predicted octanol–water partition coefficient (Wildman–Crippen LogP) is 1.24. The van der Waals surface area contributed by atoms with Crippen LogP contribution in [-0.4, -0.2) is 49.2 Å². The first-order chi connectivity index (χ1) is 8.83. The number of piperazine rings is 1. The maximum atomic E-state index is 4.94. The summed E-state index contributed by atoms with van der Waals surface area (Å²) >= 11 is 1.95. The summed E-state index contributed by atoms with van der Waals surface area (Å²) < 4.78 is 0. The van der Waals surface area contributed by atoms with Crippen molar-refractivity contribution in [1.82, 2.24) is 15.2 Å². The molecule has 4 rings (SSSR count). The van der Waals surface area contributed by atoms with E-state index in [1.807, 2.05) is 11.3 Å². The van der Waals surface area contributed by atoms with Gasteiger partial charge in [-0.25, -0.2) is 4.98 Å². The number of nitrogens with one attached hydrogen (secondary N) is 1. The van der Waals surface area contributed by atoms with Crippen LogP contribution in [0.2, 0.25) is 0 Å². The summed E-state index contributed by atoms with van der Waals surface area (Å²) in [6.45, 7) is 4.40. The second-order valence-corrected chi connectivity index (χ2v) is 6.67. The second kappa shape index (κ2) is 4.18. The molecule has 1 aromatic rings. The molecule has 5 heteroatoms. The van der Waals surface area contributed by atoms with E-state index < -0.39 is 0 Å². The third-order valence-corrected chi connectivity index (χ3v) is 5.94. The molecule has 0 saturated carbocycles. The lowest BCUT2D eigenvalue weighted by Gasteiger charge is -2.29. The molecule has 3 aliphatic rings. The molecule has 2 bridgehead atoms. The van der Waals surface area contributed by atoms with Crippen LogP contribution in [0.1, 0.15) is 29.5 Å². The van der Waals surface area contributed by atoms with E-state index in [2.05, 4.69) is 22.2 Å². The highest BCUT2D eigenvalue weighted by Crippen LogP contribution is 2.46. The molecule has 0 spiro atoms. The van der Waals surface area contributed by atoms with Crippen molar-refractivity contribution in [3.8, 4) is 0 Å². The first-order valence-corrected chi connectivity index (χ1v) is 7.82. The molecule has 1 aromatic heterocycles. The van der Waals surface area contributed by atoms with Gasteiger partial charge in [-0.1, -0.05) is 11.3 Å². The first-order valence-electron chi connectivity index (χ1n) is 7.00. The number of rotatable bonds is 1. The van der Waals surface area contributed by atoms with Crippen molar-refractivity contribution in [1.29, 1.82) is 0 Å². The number of thiazole rings is 1. The van der Waals surface area contributed by atoms with Crippen LogP contribution in [0, 0.1) is 0 Å². The fourth-order valence-corrected chi connectivity index (χ4v) is 4.88. The van der Waals surface area contributed by atoms with Crippen LogP contribution in [-0.2, 0) is 6.42 Å². The number of anilines is 1. The van der Waals surface area contributed by atoms with Gasteiger partial charge in [0.1, 0.15) is 0 Å². The molecule has 2 atom stereocenters. The summed E-state index contributed by atoms with van der Waals surface area (Å²) in [5, 5.41) is 4.67. The fraction of sp³-hybridized carbons (Fsp3) is 0.769. The Morgan fingerprint density at radius 1 is 1.28 bits per heavy atom. The summed E-state index contributed by atoms with van der Waals surface area (Å²) in [5.74, 6) is 0. The number of likely N-dealkylation sites (N-methyl/N-ethyl adjacent to an activating group) is 1. The van der Waals surface area contributed by atoms with Crippen molar-refractivity contribution >= 4 is 16.5 Å². The molecule has 2 fully saturated rings. The maximum Gasteiger partial charge on any atom is 0.185 e. The highest BCUT2D eigenvalue weighted by molar-refractivity contribution is 7.15. The SMILES string of the molecule is CN1C2CCC1c1sc(N3CCNCC3)nc1C2. The van der Waals surface area contributed by atoms with Crippen LogP contribution >= 0.6 is 11.3 Å². The Hall–Kier alpha value is -0.650. The van der Waals surface area contributed by atoms with E-state index in [1.165, 1.54) is 30.1 Å². The van der Waals surface area contributed by atoms with Crippen LogP contribution in [0.15, 0.2) is 0 Å². The zero-order valence-corrected chi connectivity index (χ0v) is 11.7. The maximum absolute atomic E-state index is 4.94. The molecule has 0 radical (unpaired) electrons. The minimum atomic E-state index is 0.660. The van der Waals surface area contributed by atoms with Gasteiger partial charge in [0.25, 0.3) is 0 Å². The smallest absolute Gasteiger partial charge is 0.185 e. The van der Waals surface area contributed by atoms with E-state index in [4.69, 9.17) is 4.98 Å². The molecule has 0 aliphatic carbocycles. The molecule has 4 heterocycles. The van der Waals surface area contributed by atoms with E-state index in [0.29, 0.717) is 6.04 Å². The van der Waals surface area contributed by atoms with Crippen molar-refractivity contribution in [2.24, 2.45) is 0 Å². The van der Waals surface area contributed by atoms with Gasteiger partial charge in [-0.3, -0.25) is 4.90 Å². The lowest BCUT2D eigenvalue weighted by molar-refractivity contribution is 0.226. The Morgan fingerprint density at radius 3 is 2.94 bits per heavy atom. The summed E-state index contributed by atoms with van der Waals surface area (Å²) in [6.07, 6.45) is 3.86. The standard InChI is InChI=1S/C13H20N4S/c1-16-9-2-3-11(16)12-10(8-9)15-13(18-12)17-6-4-14-5-7-17/h9,11,14H,2-8H2,1H3. The highest BCUT2D eigenvalue weighted by Gasteiger charge is 2.40. The van der Waals surface area contributed by atoms with Gasteiger partial charge >= 0.3 is 0 Å². The lowest BCUT2D eigenvalue weighted by atomic mass is 10.1. The van der Waals surface area contributed by atoms with Crippen LogP contribution in [0.25, 0.3) is 0 Å². The molecule has 2 unspecified atom stereocenters. The quantitative estimate of drug-likeness (QED) is 0.827. The van der Waals surface area contributed by atoms with Crippen LogP contribution in [0.3, 0.4) is 0 Å². The molecule has 2 saturated heterocycles. The normalized spacial score (nSPS) is 31.7. The van der Waals surface area contributed by atoms with Gasteiger partial charge in [-0.05, 0) is 19.9 Å². The Bertz CT molecular complexity index is 452. The molecule has 18 heavy (non-hydrogen) atoms.